The van der Waals surface area contributed by atoms with Gasteiger partial charge in [0.2, 0.25) is 5.92 Å². The van der Waals surface area contributed by atoms with Gasteiger partial charge in [0, 0.05) is 25.1 Å². The van der Waals surface area contributed by atoms with Crippen molar-refractivity contribution in [3.63, 3.8) is 0 Å². The van der Waals surface area contributed by atoms with Crippen molar-refractivity contribution in [2.24, 2.45) is 0 Å². The zero-order valence-electron chi connectivity index (χ0n) is 7.71. The molecule has 0 saturated heterocycles. The first-order chi connectivity index (χ1) is 6.66. The van der Waals surface area contributed by atoms with Gasteiger partial charge in [-0.15, -0.1) is 0 Å². The van der Waals surface area contributed by atoms with Gasteiger partial charge in [0.15, 0.2) is 0 Å². The second kappa shape index (κ2) is 3.52. The van der Waals surface area contributed by atoms with Gasteiger partial charge in [-0.1, -0.05) is 6.07 Å². The van der Waals surface area contributed by atoms with Crippen LogP contribution in [0.4, 0.5) is 14.6 Å². The summed E-state index contributed by atoms with van der Waals surface area (Å²) in [5.41, 5.74) is 0. The van der Waals surface area contributed by atoms with Gasteiger partial charge >= 0.3 is 0 Å². The number of nitrogens with one attached hydrogen (secondary N) is 1. The predicted molar refractivity (Wildman–Crippen MR) is 50.4 cm³/mol. The number of hydrogen-bond acceptors (Lipinski definition) is 2. The first-order valence-corrected chi connectivity index (χ1v) is 4.71. The van der Waals surface area contributed by atoms with E-state index in [1.165, 1.54) is 0 Å². The molecule has 0 spiro atoms. The second-order valence-electron chi connectivity index (χ2n) is 3.65. The van der Waals surface area contributed by atoms with Gasteiger partial charge in [-0.2, -0.15) is 0 Å². The van der Waals surface area contributed by atoms with Crippen LogP contribution in [0.1, 0.15) is 19.3 Å². The molecule has 1 N–H and O–H groups in total. The lowest BCUT2D eigenvalue weighted by atomic mass is 10.2. The highest BCUT2D eigenvalue weighted by Crippen LogP contribution is 2.35. The molecule has 1 fully saturated rings. The van der Waals surface area contributed by atoms with Crippen LogP contribution in [-0.2, 0) is 0 Å². The van der Waals surface area contributed by atoms with Crippen LogP contribution in [-0.4, -0.2) is 16.9 Å². The second-order valence-corrected chi connectivity index (χ2v) is 3.65. The fourth-order valence-corrected chi connectivity index (χ4v) is 1.73. The third kappa shape index (κ3) is 2.19. The standard InChI is InChI=1S/C10H12F2N2/c11-10(12)5-4-8(7-10)14-9-3-1-2-6-13-9/h1-3,6,8H,4-5,7H2,(H,13,14). The van der Waals surface area contributed by atoms with Crippen LogP contribution in [0.3, 0.4) is 0 Å². The molecule has 1 aromatic rings. The zero-order chi connectivity index (χ0) is 10.0. The van der Waals surface area contributed by atoms with Crippen molar-refractivity contribution in [3.05, 3.63) is 24.4 Å². The minimum atomic E-state index is -2.49. The molecule has 0 bridgehead atoms. The van der Waals surface area contributed by atoms with Crippen molar-refractivity contribution < 1.29 is 8.78 Å². The van der Waals surface area contributed by atoms with Gasteiger partial charge in [0.1, 0.15) is 5.82 Å². The Bertz CT molecular complexity index is 300. The highest BCUT2D eigenvalue weighted by Gasteiger charge is 2.39. The van der Waals surface area contributed by atoms with E-state index in [1.54, 1.807) is 18.3 Å². The van der Waals surface area contributed by atoms with Gasteiger partial charge in [-0.25, -0.2) is 13.8 Å². The van der Waals surface area contributed by atoms with E-state index >= 15 is 0 Å². The molecule has 2 nitrogen and oxygen atoms in total. The minimum absolute atomic E-state index is 0.0164. The number of halogens is 2. The molecule has 1 aliphatic carbocycles. The highest BCUT2D eigenvalue weighted by atomic mass is 19.3. The summed E-state index contributed by atoms with van der Waals surface area (Å²) in [4.78, 5) is 4.03. The van der Waals surface area contributed by atoms with Crippen molar-refractivity contribution in [2.75, 3.05) is 5.32 Å². The van der Waals surface area contributed by atoms with Crippen molar-refractivity contribution in [3.8, 4) is 0 Å². The molecule has 1 unspecified atom stereocenters. The van der Waals surface area contributed by atoms with Crippen molar-refractivity contribution >= 4 is 5.82 Å². The summed E-state index contributed by atoms with van der Waals surface area (Å²) in [5.74, 6) is -1.82. The Labute approximate surface area is 81.4 Å². The summed E-state index contributed by atoms with van der Waals surface area (Å²) in [6.45, 7) is 0. The van der Waals surface area contributed by atoms with Gasteiger partial charge in [-0.3, -0.25) is 0 Å². The van der Waals surface area contributed by atoms with Crippen LogP contribution >= 0.6 is 0 Å². The quantitative estimate of drug-likeness (QED) is 0.790. The monoisotopic (exact) mass is 198 g/mol. The first kappa shape index (κ1) is 9.37. The Morgan fingerprint density at radius 1 is 1.43 bits per heavy atom. The zero-order valence-corrected chi connectivity index (χ0v) is 7.71. The normalized spacial score (nSPS) is 24.9. The van der Waals surface area contributed by atoms with E-state index in [-0.39, 0.29) is 18.9 Å². The Hall–Kier alpha value is -1.19. The van der Waals surface area contributed by atoms with E-state index < -0.39 is 5.92 Å². The Morgan fingerprint density at radius 2 is 2.29 bits per heavy atom. The molecule has 1 saturated carbocycles. The molecule has 76 valence electrons. The lowest BCUT2D eigenvalue weighted by molar-refractivity contribution is 0.00852. The van der Waals surface area contributed by atoms with Crippen LogP contribution in [0, 0.1) is 0 Å². The lowest BCUT2D eigenvalue weighted by Crippen LogP contribution is -2.19. The molecule has 1 aromatic heterocycles. The van der Waals surface area contributed by atoms with Gasteiger partial charge < -0.3 is 5.32 Å². The lowest BCUT2D eigenvalue weighted by Gasteiger charge is -2.12. The number of aromatic nitrogens is 1. The minimum Gasteiger partial charge on any atom is -0.367 e. The molecule has 1 atom stereocenters. The number of hydrogen-bond donors (Lipinski definition) is 1. The molecule has 0 radical (unpaired) electrons. The van der Waals surface area contributed by atoms with Gasteiger partial charge in [-0.05, 0) is 18.6 Å². The number of pyridine rings is 1. The van der Waals surface area contributed by atoms with Crippen molar-refractivity contribution in [2.45, 2.75) is 31.2 Å². The van der Waals surface area contributed by atoms with E-state index in [9.17, 15) is 8.78 Å². The topological polar surface area (TPSA) is 24.9 Å². The average molecular weight is 198 g/mol. The maximum atomic E-state index is 12.8. The van der Waals surface area contributed by atoms with Gasteiger partial charge in [0.05, 0.1) is 0 Å². The summed E-state index contributed by atoms with van der Waals surface area (Å²) in [6, 6.07) is 5.28. The van der Waals surface area contributed by atoms with Crippen LogP contribution in [0.5, 0.6) is 0 Å². The number of nitrogens with zero attached hydrogens (tertiary/aromatic N) is 1. The molecule has 2 rings (SSSR count). The molecule has 0 aromatic carbocycles. The molecule has 14 heavy (non-hydrogen) atoms. The molecular weight excluding hydrogens is 186 g/mol. The molecule has 4 heteroatoms. The smallest absolute Gasteiger partial charge is 0.250 e. The molecule has 1 aliphatic rings. The molecule has 0 amide bonds. The van der Waals surface area contributed by atoms with E-state index in [1.807, 2.05) is 6.07 Å². The Balaban J connectivity index is 1.94. The number of alkyl halides is 2. The summed E-state index contributed by atoms with van der Waals surface area (Å²) in [5, 5.41) is 3.01. The maximum absolute atomic E-state index is 12.8. The van der Waals surface area contributed by atoms with Crippen LogP contribution < -0.4 is 5.32 Å². The number of rotatable bonds is 2. The third-order valence-electron chi connectivity index (χ3n) is 2.42. The highest BCUT2D eigenvalue weighted by molar-refractivity contribution is 5.34. The molecule has 1 heterocycles. The SMILES string of the molecule is FC1(F)CCC(Nc2ccccn2)C1. The van der Waals surface area contributed by atoms with Crippen LogP contribution in [0.15, 0.2) is 24.4 Å². The fourth-order valence-electron chi connectivity index (χ4n) is 1.73. The molecular formula is C10H12F2N2. The number of anilines is 1. The van der Waals surface area contributed by atoms with Crippen molar-refractivity contribution in [1.82, 2.24) is 4.98 Å². The van der Waals surface area contributed by atoms with E-state index in [2.05, 4.69) is 10.3 Å². The maximum Gasteiger partial charge on any atom is 0.250 e. The largest absolute Gasteiger partial charge is 0.367 e. The van der Waals surface area contributed by atoms with E-state index in [0.29, 0.717) is 12.2 Å². The van der Waals surface area contributed by atoms with Crippen LogP contribution in [0.25, 0.3) is 0 Å². The summed E-state index contributed by atoms with van der Waals surface area (Å²) in [7, 11) is 0. The van der Waals surface area contributed by atoms with E-state index in [0.717, 1.165) is 0 Å². The summed E-state index contributed by atoms with van der Waals surface area (Å²) >= 11 is 0. The fraction of sp³-hybridized carbons (Fsp3) is 0.500. The molecule has 0 aliphatic heterocycles. The van der Waals surface area contributed by atoms with Crippen molar-refractivity contribution in [1.29, 1.82) is 0 Å². The predicted octanol–water partition coefficient (Wildman–Crippen LogP) is 2.68. The Morgan fingerprint density at radius 3 is 2.86 bits per heavy atom. The summed E-state index contributed by atoms with van der Waals surface area (Å²) < 4.78 is 25.7. The van der Waals surface area contributed by atoms with Crippen LogP contribution in [0.2, 0.25) is 0 Å². The van der Waals surface area contributed by atoms with Gasteiger partial charge in [0.25, 0.3) is 0 Å². The summed E-state index contributed by atoms with van der Waals surface area (Å²) in [6.07, 6.45) is 2.07. The van der Waals surface area contributed by atoms with E-state index in [4.69, 9.17) is 0 Å². The first-order valence-electron chi connectivity index (χ1n) is 4.71. The third-order valence-corrected chi connectivity index (χ3v) is 2.42. The average Bonchev–Trinajstić information content (AvgIpc) is 2.47. The Kier molecular flexibility index (Phi) is 2.35.